The molecule has 2 aromatic heterocycles. The second-order valence-electron chi connectivity index (χ2n) is 8.07. The largest absolute Gasteiger partial charge is 0.493 e. The zero-order valence-corrected chi connectivity index (χ0v) is 18.4. The molecule has 31 heavy (non-hydrogen) atoms. The molecular weight excluding hydrogens is 392 g/mol. The van der Waals surface area contributed by atoms with E-state index in [2.05, 4.69) is 31.1 Å². The Morgan fingerprint density at radius 2 is 1.94 bits per heavy atom. The van der Waals surface area contributed by atoms with Crippen molar-refractivity contribution in [2.24, 2.45) is 0 Å². The van der Waals surface area contributed by atoms with Crippen molar-refractivity contribution in [1.82, 2.24) is 25.1 Å². The van der Waals surface area contributed by atoms with Crippen molar-refractivity contribution < 1.29 is 9.47 Å². The molecule has 1 fully saturated rings. The number of para-hydroxylation sites is 2. The number of rotatable bonds is 9. The standard InChI is InChI=1S/C23H30N6O2/c1-28(2)23-24-13-17(14-25-23)15-29-10-8-18(16-29)20-12-19(26-27-20)9-11-31-22-7-5-4-6-21(22)30-3/h4-7,12-14,18H,8-11,15-16H2,1-3H3,(H,26,27)/t18-/m1/s1. The number of hydrogen-bond acceptors (Lipinski definition) is 7. The third-order valence-corrected chi connectivity index (χ3v) is 5.54. The molecule has 1 aliphatic heterocycles. The van der Waals surface area contributed by atoms with Crippen LogP contribution in [-0.4, -0.2) is 66.0 Å². The maximum atomic E-state index is 5.88. The molecule has 1 aliphatic rings. The monoisotopic (exact) mass is 422 g/mol. The molecular formula is C23H30N6O2. The molecule has 4 rings (SSSR count). The maximum absolute atomic E-state index is 5.88. The molecule has 0 saturated carbocycles. The number of aromatic amines is 1. The van der Waals surface area contributed by atoms with Crippen LogP contribution in [0.5, 0.6) is 11.5 Å². The number of methoxy groups -OCH3 is 1. The van der Waals surface area contributed by atoms with E-state index in [1.54, 1.807) is 7.11 Å². The first-order valence-corrected chi connectivity index (χ1v) is 10.6. The summed E-state index contributed by atoms with van der Waals surface area (Å²) < 4.78 is 11.2. The topological polar surface area (TPSA) is 79.4 Å². The van der Waals surface area contributed by atoms with Gasteiger partial charge in [-0.15, -0.1) is 0 Å². The quantitative estimate of drug-likeness (QED) is 0.568. The van der Waals surface area contributed by atoms with Gasteiger partial charge in [-0.25, -0.2) is 9.97 Å². The van der Waals surface area contributed by atoms with Gasteiger partial charge in [0.1, 0.15) is 0 Å². The molecule has 1 saturated heterocycles. The van der Waals surface area contributed by atoms with E-state index in [1.165, 1.54) is 0 Å². The molecule has 8 heteroatoms. The van der Waals surface area contributed by atoms with Crippen LogP contribution in [0.3, 0.4) is 0 Å². The number of nitrogens with one attached hydrogen (secondary N) is 1. The lowest BCUT2D eigenvalue weighted by atomic mass is 10.0. The SMILES string of the molecule is COc1ccccc1OCCc1cc([C@@H]2CCN(Cc3cnc(N(C)C)nc3)C2)n[nH]1. The molecule has 0 unspecified atom stereocenters. The molecule has 0 bridgehead atoms. The Balaban J connectivity index is 1.26. The van der Waals surface area contributed by atoms with Crippen molar-refractivity contribution >= 4 is 5.95 Å². The van der Waals surface area contributed by atoms with E-state index >= 15 is 0 Å². The highest BCUT2D eigenvalue weighted by molar-refractivity contribution is 5.39. The Morgan fingerprint density at radius 3 is 2.68 bits per heavy atom. The van der Waals surface area contributed by atoms with E-state index in [-0.39, 0.29) is 0 Å². The van der Waals surface area contributed by atoms with Crippen LogP contribution in [0.2, 0.25) is 0 Å². The van der Waals surface area contributed by atoms with Crippen molar-refractivity contribution in [2.45, 2.75) is 25.3 Å². The predicted octanol–water partition coefficient (Wildman–Crippen LogP) is 2.89. The van der Waals surface area contributed by atoms with E-state index in [1.807, 2.05) is 55.7 Å². The molecule has 0 amide bonds. The fourth-order valence-corrected chi connectivity index (χ4v) is 3.86. The van der Waals surface area contributed by atoms with Crippen LogP contribution in [0.15, 0.2) is 42.7 Å². The van der Waals surface area contributed by atoms with Crippen molar-refractivity contribution in [3.63, 3.8) is 0 Å². The van der Waals surface area contributed by atoms with E-state index in [9.17, 15) is 0 Å². The summed E-state index contributed by atoms with van der Waals surface area (Å²) in [5, 5.41) is 7.74. The molecule has 0 aliphatic carbocycles. The second-order valence-corrected chi connectivity index (χ2v) is 8.07. The van der Waals surface area contributed by atoms with E-state index in [0.29, 0.717) is 12.5 Å². The Kier molecular flexibility index (Phi) is 6.66. The van der Waals surface area contributed by atoms with Gasteiger partial charge in [-0.3, -0.25) is 10.00 Å². The molecule has 8 nitrogen and oxygen atoms in total. The van der Waals surface area contributed by atoms with Gasteiger partial charge in [-0.2, -0.15) is 5.10 Å². The van der Waals surface area contributed by atoms with Crippen molar-refractivity contribution in [3.8, 4) is 11.5 Å². The fraction of sp³-hybridized carbons (Fsp3) is 0.435. The van der Waals surface area contributed by atoms with Gasteiger partial charge in [0.05, 0.1) is 19.4 Å². The number of nitrogens with zero attached hydrogens (tertiary/aromatic N) is 5. The van der Waals surface area contributed by atoms with Gasteiger partial charge in [0, 0.05) is 63.2 Å². The van der Waals surface area contributed by atoms with Gasteiger partial charge < -0.3 is 14.4 Å². The van der Waals surface area contributed by atoms with E-state index in [4.69, 9.17) is 9.47 Å². The number of aromatic nitrogens is 4. The first-order chi connectivity index (χ1) is 15.1. The highest BCUT2D eigenvalue weighted by atomic mass is 16.5. The lowest BCUT2D eigenvalue weighted by molar-refractivity contribution is 0.296. The van der Waals surface area contributed by atoms with Gasteiger partial charge >= 0.3 is 0 Å². The highest BCUT2D eigenvalue weighted by Gasteiger charge is 2.26. The average molecular weight is 423 g/mol. The Labute approximate surface area is 183 Å². The summed E-state index contributed by atoms with van der Waals surface area (Å²) in [6.07, 6.45) is 5.73. The summed E-state index contributed by atoms with van der Waals surface area (Å²) in [7, 11) is 5.55. The van der Waals surface area contributed by atoms with Crippen molar-refractivity contribution in [2.75, 3.05) is 45.8 Å². The van der Waals surface area contributed by atoms with Crippen molar-refractivity contribution in [1.29, 1.82) is 0 Å². The summed E-state index contributed by atoms with van der Waals surface area (Å²) in [5.74, 6) is 2.70. The van der Waals surface area contributed by atoms with Crippen LogP contribution in [0.1, 0.15) is 29.3 Å². The van der Waals surface area contributed by atoms with Crippen LogP contribution in [0, 0.1) is 0 Å². The van der Waals surface area contributed by atoms with Gasteiger partial charge in [0.15, 0.2) is 11.5 Å². The molecule has 1 atom stereocenters. The van der Waals surface area contributed by atoms with Crippen LogP contribution < -0.4 is 14.4 Å². The van der Waals surface area contributed by atoms with Crippen molar-refractivity contribution in [3.05, 3.63) is 59.7 Å². The third-order valence-electron chi connectivity index (χ3n) is 5.54. The number of likely N-dealkylation sites (tertiary alicyclic amines) is 1. The molecule has 164 valence electrons. The molecule has 3 aromatic rings. The van der Waals surface area contributed by atoms with Crippen LogP contribution in [0.25, 0.3) is 0 Å². The lowest BCUT2D eigenvalue weighted by Crippen LogP contribution is -2.20. The second kappa shape index (κ2) is 9.78. The molecule has 1 N–H and O–H groups in total. The number of benzene rings is 1. The van der Waals surface area contributed by atoms with Crippen LogP contribution >= 0.6 is 0 Å². The number of hydrogen-bond donors (Lipinski definition) is 1. The minimum Gasteiger partial charge on any atom is -0.493 e. The Bertz CT molecular complexity index is 972. The van der Waals surface area contributed by atoms with E-state index < -0.39 is 0 Å². The van der Waals surface area contributed by atoms with Gasteiger partial charge in [0.25, 0.3) is 0 Å². The average Bonchev–Trinajstić information content (AvgIpc) is 3.44. The summed E-state index contributed by atoms with van der Waals surface area (Å²) >= 11 is 0. The number of anilines is 1. The van der Waals surface area contributed by atoms with Gasteiger partial charge in [-0.05, 0) is 31.2 Å². The first-order valence-electron chi connectivity index (χ1n) is 10.6. The summed E-state index contributed by atoms with van der Waals surface area (Å²) in [4.78, 5) is 13.2. The summed E-state index contributed by atoms with van der Waals surface area (Å²) in [6.45, 7) is 3.49. The zero-order chi connectivity index (χ0) is 21.6. The van der Waals surface area contributed by atoms with Crippen LogP contribution in [0.4, 0.5) is 5.95 Å². The summed E-state index contributed by atoms with van der Waals surface area (Å²) in [5.41, 5.74) is 3.37. The lowest BCUT2D eigenvalue weighted by Gasteiger charge is -2.16. The minimum atomic E-state index is 0.446. The number of H-pyrrole nitrogens is 1. The highest BCUT2D eigenvalue weighted by Crippen LogP contribution is 2.28. The Morgan fingerprint density at radius 1 is 1.16 bits per heavy atom. The normalized spacial score (nSPS) is 16.4. The van der Waals surface area contributed by atoms with E-state index in [0.717, 1.165) is 66.9 Å². The molecule has 3 heterocycles. The first kappa shape index (κ1) is 21.1. The molecule has 1 aromatic carbocycles. The predicted molar refractivity (Wildman–Crippen MR) is 120 cm³/mol. The molecule has 0 spiro atoms. The maximum Gasteiger partial charge on any atom is 0.224 e. The fourth-order valence-electron chi connectivity index (χ4n) is 3.86. The number of ether oxygens (including phenoxy) is 2. The van der Waals surface area contributed by atoms with Gasteiger partial charge in [0.2, 0.25) is 5.95 Å². The van der Waals surface area contributed by atoms with Crippen LogP contribution in [-0.2, 0) is 13.0 Å². The third kappa shape index (κ3) is 5.32. The summed E-state index contributed by atoms with van der Waals surface area (Å²) in [6, 6.07) is 9.88. The molecule has 0 radical (unpaired) electrons. The minimum absolute atomic E-state index is 0.446. The Hall–Kier alpha value is -3.13. The zero-order valence-electron chi connectivity index (χ0n) is 18.4. The van der Waals surface area contributed by atoms with Gasteiger partial charge in [-0.1, -0.05) is 12.1 Å². The smallest absolute Gasteiger partial charge is 0.224 e.